The summed E-state index contributed by atoms with van der Waals surface area (Å²) >= 11 is 0. The van der Waals surface area contributed by atoms with E-state index >= 15 is 0 Å². The Balaban J connectivity index is 2.05. The van der Waals surface area contributed by atoms with Gasteiger partial charge in [-0.25, -0.2) is 4.79 Å². The summed E-state index contributed by atoms with van der Waals surface area (Å²) in [5.74, 6) is -1.18. The minimum absolute atomic E-state index is 0.240. The molecule has 2 aromatic carbocycles. The van der Waals surface area contributed by atoms with Crippen molar-refractivity contribution in [2.45, 2.75) is 32.3 Å². The van der Waals surface area contributed by atoms with Gasteiger partial charge in [0, 0.05) is 5.56 Å². The SMILES string of the molecule is CCC1C(c2ccc3ccccc3c2)=NOC1(CC)C(=O)O. The molecule has 4 heteroatoms. The number of carbonyl (C=O) groups is 1. The highest BCUT2D eigenvalue weighted by Crippen LogP contribution is 2.38. The first-order chi connectivity index (χ1) is 10.6. The zero-order valence-corrected chi connectivity index (χ0v) is 12.7. The summed E-state index contributed by atoms with van der Waals surface area (Å²) in [7, 11) is 0. The van der Waals surface area contributed by atoms with E-state index in [1.54, 1.807) is 0 Å². The Morgan fingerprint density at radius 3 is 2.59 bits per heavy atom. The van der Waals surface area contributed by atoms with Crippen molar-refractivity contribution < 1.29 is 14.7 Å². The lowest BCUT2D eigenvalue weighted by atomic mass is 9.78. The third-order valence-electron chi connectivity index (χ3n) is 4.54. The molecule has 2 atom stereocenters. The van der Waals surface area contributed by atoms with Crippen molar-refractivity contribution in [3.8, 4) is 0 Å². The van der Waals surface area contributed by atoms with Crippen LogP contribution in [0.3, 0.4) is 0 Å². The molecular formula is C18H19NO3. The molecular weight excluding hydrogens is 278 g/mol. The number of hydrogen-bond acceptors (Lipinski definition) is 3. The van der Waals surface area contributed by atoms with Crippen LogP contribution < -0.4 is 0 Å². The van der Waals surface area contributed by atoms with Gasteiger partial charge in [0.25, 0.3) is 0 Å². The van der Waals surface area contributed by atoms with Crippen LogP contribution in [0.2, 0.25) is 0 Å². The molecule has 22 heavy (non-hydrogen) atoms. The lowest BCUT2D eigenvalue weighted by Gasteiger charge is -2.27. The molecule has 0 aromatic heterocycles. The number of carboxylic acids is 1. The Labute approximate surface area is 129 Å². The molecule has 0 aliphatic carbocycles. The van der Waals surface area contributed by atoms with Crippen LogP contribution in [0.5, 0.6) is 0 Å². The Morgan fingerprint density at radius 1 is 1.23 bits per heavy atom. The lowest BCUT2D eigenvalue weighted by molar-refractivity contribution is -0.167. The Morgan fingerprint density at radius 2 is 1.95 bits per heavy atom. The van der Waals surface area contributed by atoms with Crippen LogP contribution >= 0.6 is 0 Å². The molecule has 1 N–H and O–H groups in total. The number of benzene rings is 2. The predicted octanol–water partition coefficient (Wildman–Crippen LogP) is 3.83. The molecule has 1 aliphatic rings. The first kappa shape index (κ1) is 14.6. The molecule has 1 heterocycles. The first-order valence-electron chi connectivity index (χ1n) is 7.61. The van der Waals surface area contributed by atoms with Crippen molar-refractivity contribution in [2.24, 2.45) is 11.1 Å². The van der Waals surface area contributed by atoms with Gasteiger partial charge >= 0.3 is 5.97 Å². The summed E-state index contributed by atoms with van der Waals surface area (Å²) in [5.41, 5.74) is 0.426. The standard InChI is InChI=1S/C18H19NO3/c1-3-15-16(19-22-18(15,4-2)17(20)21)14-10-9-12-7-5-6-8-13(12)11-14/h5-11,15H,3-4H2,1-2H3,(H,20,21). The number of hydrogen-bond donors (Lipinski definition) is 1. The number of nitrogens with zero attached hydrogens (tertiary/aromatic N) is 1. The normalized spacial score (nSPS) is 24.1. The second-order valence-electron chi connectivity index (χ2n) is 5.64. The maximum Gasteiger partial charge on any atom is 0.351 e. The highest BCUT2D eigenvalue weighted by atomic mass is 16.7. The molecule has 0 radical (unpaired) electrons. The van der Waals surface area contributed by atoms with E-state index in [4.69, 9.17) is 4.84 Å². The highest BCUT2D eigenvalue weighted by Gasteiger charge is 2.53. The third kappa shape index (κ3) is 2.06. The van der Waals surface area contributed by atoms with Gasteiger partial charge in [0.05, 0.1) is 11.6 Å². The summed E-state index contributed by atoms with van der Waals surface area (Å²) < 4.78 is 0. The van der Waals surface area contributed by atoms with Crippen molar-refractivity contribution in [3.05, 3.63) is 48.0 Å². The molecule has 114 valence electrons. The predicted molar refractivity (Wildman–Crippen MR) is 86.0 cm³/mol. The van der Waals surface area contributed by atoms with Crippen molar-refractivity contribution >= 4 is 22.5 Å². The minimum atomic E-state index is -1.24. The van der Waals surface area contributed by atoms with Gasteiger partial charge < -0.3 is 9.94 Å². The zero-order valence-electron chi connectivity index (χ0n) is 12.7. The van der Waals surface area contributed by atoms with Gasteiger partial charge in [-0.15, -0.1) is 0 Å². The van der Waals surface area contributed by atoms with Gasteiger partial charge in [0.1, 0.15) is 0 Å². The zero-order chi connectivity index (χ0) is 15.7. The molecule has 4 nitrogen and oxygen atoms in total. The van der Waals surface area contributed by atoms with Crippen LogP contribution in [0.4, 0.5) is 0 Å². The molecule has 0 saturated carbocycles. The van der Waals surface area contributed by atoms with E-state index in [-0.39, 0.29) is 5.92 Å². The molecule has 3 rings (SSSR count). The number of carboxylic acid groups (broad SMARTS) is 1. The minimum Gasteiger partial charge on any atom is -0.478 e. The molecule has 0 bridgehead atoms. The van der Waals surface area contributed by atoms with Gasteiger partial charge in [-0.2, -0.15) is 0 Å². The van der Waals surface area contributed by atoms with E-state index in [0.717, 1.165) is 22.0 Å². The van der Waals surface area contributed by atoms with Crippen LogP contribution in [-0.2, 0) is 9.63 Å². The van der Waals surface area contributed by atoms with Crippen molar-refractivity contribution in [2.75, 3.05) is 0 Å². The van der Waals surface area contributed by atoms with E-state index in [9.17, 15) is 9.90 Å². The molecule has 0 spiro atoms. The van der Waals surface area contributed by atoms with Gasteiger partial charge in [0.15, 0.2) is 0 Å². The Hall–Kier alpha value is -2.36. The van der Waals surface area contributed by atoms with E-state index in [2.05, 4.69) is 11.2 Å². The fourth-order valence-corrected chi connectivity index (χ4v) is 3.25. The number of aliphatic carboxylic acids is 1. The summed E-state index contributed by atoms with van der Waals surface area (Å²) in [6.45, 7) is 3.80. The second-order valence-corrected chi connectivity index (χ2v) is 5.64. The van der Waals surface area contributed by atoms with Gasteiger partial charge in [0.2, 0.25) is 5.60 Å². The second kappa shape index (κ2) is 5.44. The van der Waals surface area contributed by atoms with Crippen molar-refractivity contribution in [3.63, 3.8) is 0 Å². The molecule has 0 saturated heterocycles. The van der Waals surface area contributed by atoms with Gasteiger partial charge in [-0.05, 0) is 29.7 Å². The largest absolute Gasteiger partial charge is 0.478 e. The van der Waals surface area contributed by atoms with Gasteiger partial charge in [-0.3, -0.25) is 0 Å². The molecule has 0 amide bonds. The average Bonchev–Trinajstić information content (AvgIpc) is 2.94. The Kier molecular flexibility index (Phi) is 3.61. The number of oxime groups is 1. The maximum absolute atomic E-state index is 11.7. The molecule has 2 aromatic rings. The van der Waals surface area contributed by atoms with Crippen molar-refractivity contribution in [1.82, 2.24) is 0 Å². The van der Waals surface area contributed by atoms with Crippen LogP contribution in [0.25, 0.3) is 10.8 Å². The number of rotatable bonds is 4. The van der Waals surface area contributed by atoms with Gasteiger partial charge in [-0.1, -0.05) is 55.4 Å². The smallest absolute Gasteiger partial charge is 0.351 e. The Bertz CT molecular complexity index is 753. The molecule has 2 unspecified atom stereocenters. The van der Waals surface area contributed by atoms with Crippen LogP contribution in [0.1, 0.15) is 32.3 Å². The van der Waals surface area contributed by atoms with E-state index in [1.807, 2.05) is 50.2 Å². The monoisotopic (exact) mass is 297 g/mol. The molecule has 1 aliphatic heterocycles. The maximum atomic E-state index is 11.7. The van der Waals surface area contributed by atoms with E-state index in [1.165, 1.54) is 0 Å². The summed E-state index contributed by atoms with van der Waals surface area (Å²) in [5, 5.41) is 16.0. The lowest BCUT2D eigenvalue weighted by Crippen LogP contribution is -2.46. The molecule has 0 fully saturated rings. The summed E-state index contributed by atoms with van der Waals surface area (Å²) in [6.07, 6.45) is 1.06. The fraction of sp³-hybridized carbons (Fsp3) is 0.333. The third-order valence-corrected chi connectivity index (χ3v) is 4.54. The van der Waals surface area contributed by atoms with E-state index < -0.39 is 11.6 Å². The van der Waals surface area contributed by atoms with Crippen molar-refractivity contribution in [1.29, 1.82) is 0 Å². The van der Waals surface area contributed by atoms with Crippen LogP contribution in [-0.4, -0.2) is 22.4 Å². The first-order valence-corrected chi connectivity index (χ1v) is 7.61. The fourth-order valence-electron chi connectivity index (χ4n) is 3.25. The summed E-state index contributed by atoms with van der Waals surface area (Å²) in [4.78, 5) is 17.1. The topological polar surface area (TPSA) is 58.9 Å². The highest BCUT2D eigenvalue weighted by molar-refractivity contribution is 6.08. The quantitative estimate of drug-likeness (QED) is 0.933. The number of fused-ring (bicyclic) bond motifs is 1. The van der Waals surface area contributed by atoms with Crippen LogP contribution in [0.15, 0.2) is 47.6 Å². The average molecular weight is 297 g/mol. The summed E-state index contributed by atoms with van der Waals surface area (Å²) in [6, 6.07) is 14.2. The van der Waals surface area contributed by atoms with Crippen LogP contribution in [0, 0.1) is 5.92 Å². The van der Waals surface area contributed by atoms with E-state index in [0.29, 0.717) is 12.8 Å².